The molecule has 1 aromatic heterocycles. The SMILES string of the molecule is CCCN1CCC(NC(=NC)NCCc2ccc(I)s2)CC1. The standard InChI is InChI=1S/C16H27IN4S/c1-3-10-21-11-7-13(8-12-21)20-16(18-2)19-9-6-14-4-5-15(17)22-14/h4-5,13H,3,6-12H2,1-2H3,(H2,18,19,20). The first kappa shape index (κ1) is 18.0. The van der Waals surface area contributed by atoms with Crippen molar-refractivity contribution in [3.8, 4) is 0 Å². The van der Waals surface area contributed by atoms with E-state index < -0.39 is 0 Å². The molecule has 0 radical (unpaired) electrons. The molecule has 2 rings (SSSR count). The molecule has 4 nitrogen and oxygen atoms in total. The molecule has 0 aliphatic carbocycles. The van der Waals surface area contributed by atoms with Gasteiger partial charge in [-0.1, -0.05) is 6.92 Å². The van der Waals surface area contributed by atoms with Crippen LogP contribution < -0.4 is 10.6 Å². The Hall–Kier alpha value is -0.340. The van der Waals surface area contributed by atoms with Crippen LogP contribution in [0.3, 0.4) is 0 Å². The number of halogens is 1. The molecule has 1 aromatic rings. The number of likely N-dealkylation sites (tertiary alicyclic amines) is 1. The number of thiophene rings is 1. The number of rotatable bonds is 6. The minimum atomic E-state index is 0.557. The summed E-state index contributed by atoms with van der Waals surface area (Å²) in [7, 11) is 1.86. The lowest BCUT2D eigenvalue weighted by molar-refractivity contribution is 0.206. The van der Waals surface area contributed by atoms with Crippen molar-refractivity contribution in [1.82, 2.24) is 15.5 Å². The lowest BCUT2D eigenvalue weighted by Crippen LogP contribution is -2.49. The van der Waals surface area contributed by atoms with Crippen molar-refractivity contribution in [2.24, 2.45) is 4.99 Å². The summed E-state index contributed by atoms with van der Waals surface area (Å²) in [6, 6.07) is 4.95. The highest BCUT2D eigenvalue weighted by atomic mass is 127. The van der Waals surface area contributed by atoms with Crippen LogP contribution in [0.15, 0.2) is 17.1 Å². The lowest BCUT2D eigenvalue weighted by Gasteiger charge is -2.32. The molecule has 0 atom stereocenters. The third kappa shape index (κ3) is 6.04. The topological polar surface area (TPSA) is 39.7 Å². The van der Waals surface area contributed by atoms with Crippen molar-refractivity contribution in [2.75, 3.05) is 33.2 Å². The van der Waals surface area contributed by atoms with Gasteiger partial charge in [-0.25, -0.2) is 0 Å². The summed E-state index contributed by atoms with van der Waals surface area (Å²) in [6.45, 7) is 6.83. The summed E-state index contributed by atoms with van der Waals surface area (Å²) in [6.07, 6.45) is 4.74. The third-order valence-electron chi connectivity index (χ3n) is 3.98. The zero-order chi connectivity index (χ0) is 15.8. The van der Waals surface area contributed by atoms with Gasteiger partial charge in [0.25, 0.3) is 0 Å². The van der Waals surface area contributed by atoms with Gasteiger partial charge < -0.3 is 15.5 Å². The third-order valence-corrected chi connectivity index (χ3v) is 5.94. The molecule has 0 aromatic carbocycles. The van der Waals surface area contributed by atoms with Gasteiger partial charge in [-0.15, -0.1) is 11.3 Å². The van der Waals surface area contributed by atoms with Crippen LogP contribution in [0.4, 0.5) is 0 Å². The van der Waals surface area contributed by atoms with E-state index in [4.69, 9.17) is 0 Å². The molecule has 2 N–H and O–H groups in total. The molecule has 1 fully saturated rings. The van der Waals surface area contributed by atoms with Gasteiger partial charge >= 0.3 is 0 Å². The normalized spacial score (nSPS) is 17.7. The van der Waals surface area contributed by atoms with Crippen LogP contribution in [0.2, 0.25) is 0 Å². The van der Waals surface area contributed by atoms with E-state index in [1.807, 2.05) is 18.4 Å². The molecule has 0 saturated carbocycles. The van der Waals surface area contributed by atoms with E-state index in [1.54, 1.807) is 0 Å². The van der Waals surface area contributed by atoms with Crippen molar-refractivity contribution in [1.29, 1.82) is 0 Å². The maximum Gasteiger partial charge on any atom is 0.191 e. The molecule has 1 aliphatic rings. The number of nitrogens with zero attached hydrogens (tertiary/aromatic N) is 2. The number of piperidine rings is 1. The van der Waals surface area contributed by atoms with Crippen molar-refractivity contribution >= 4 is 39.9 Å². The lowest BCUT2D eigenvalue weighted by atomic mass is 10.1. The van der Waals surface area contributed by atoms with Crippen molar-refractivity contribution in [2.45, 2.75) is 38.6 Å². The van der Waals surface area contributed by atoms with Crippen molar-refractivity contribution < 1.29 is 0 Å². The van der Waals surface area contributed by atoms with E-state index in [2.05, 4.69) is 62.2 Å². The molecule has 0 bridgehead atoms. The van der Waals surface area contributed by atoms with E-state index in [1.165, 1.54) is 46.7 Å². The second kappa shape index (κ2) is 9.72. The first-order chi connectivity index (χ1) is 10.7. The summed E-state index contributed by atoms with van der Waals surface area (Å²) < 4.78 is 1.36. The highest BCUT2D eigenvalue weighted by molar-refractivity contribution is 14.1. The van der Waals surface area contributed by atoms with E-state index in [9.17, 15) is 0 Å². The highest BCUT2D eigenvalue weighted by Crippen LogP contribution is 2.18. The summed E-state index contributed by atoms with van der Waals surface area (Å²) >= 11 is 4.24. The predicted molar refractivity (Wildman–Crippen MR) is 105 cm³/mol. The first-order valence-electron chi connectivity index (χ1n) is 8.15. The molecule has 1 aliphatic heterocycles. The van der Waals surface area contributed by atoms with Crippen LogP contribution in [0.5, 0.6) is 0 Å². The largest absolute Gasteiger partial charge is 0.356 e. The molecule has 6 heteroatoms. The van der Waals surface area contributed by atoms with Crippen molar-refractivity contribution in [3.63, 3.8) is 0 Å². The Labute approximate surface area is 151 Å². The Bertz CT molecular complexity index is 466. The average Bonchev–Trinajstić information content (AvgIpc) is 2.94. The number of hydrogen-bond donors (Lipinski definition) is 2. The molecule has 2 heterocycles. The molecule has 0 unspecified atom stereocenters. The van der Waals surface area contributed by atoms with Gasteiger partial charge in [-0.2, -0.15) is 0 Å². The van der Waals surface area contributed by atoms with Gasteiger partial charge in [0.15, 0.2) is 5.96 Å². The fourth-order valence-corrected chi connectivity index (χ4v) is 4.55. The van der Waals surface area contributed by atoms with Crippen LogP contribution in [0.25, 0.3) is 0 Å². The summed E-state index contributed by atoms with van der Waals surface area (Å²) in [5.74, 6) is 0.945. The van der Waals surface area contributed by atoms with Crippen LogP contribution >= 0.6 is 33.9 Å². The minimum Gasteiger partial charge on any atom is -0.356 e. The molecule has 1 saturated heterocycles. The number of guanidine groups is 1. The molecule has 124 valence electrons. The van der Waals surface area contributed by atoms with Gasteiger partial charge in [-0.05, 0) is 67.0 Å². The van der Waals surface area contributed by atoms with Gasteiger partial charge in [0, 0.05) is 37.6 Å². The van der Waals surface area contributed by atoms with Crippen LogP contribution in [-0.4, -0.2) is 50.1 Å². The molecule has 22 heavy (non-hydrogen) atoms. The van der Waals surface area contributed by atoms with E-state index in [-0.39, 0.29) is 0 Å². The summed E-state index contributed by atoms with van der Waals surface area (Å²) in [4.78, 5) is 8.35. The number of aliphatic imine (C=N–C) groups is 1. The van der Waals surface area contributed by atoms with Gasteiger partial charge in [0.2, 0.25) is 0 Å². The average molecular weight is 434 g/mol. The molecular formula is C16H27IN4S. The monoisotopic (exact) mass is 434 g/mol. The first-order valence-corrected chi connectivity index (χ1v) is 10.0. The van der Waals surface area contributed by atoms with Gasteiger partial charge in [-0.3, -0.25) is 4.99 Å². The minimum absolute atomic E-state index is 0.557. The Balaban J connectivity index is 1.67. The Kier molecular flexibility index (Phi) is 7.96. The number of nitrogens with one attached hydrogen (secondary N) is 2. The molecule has 0 amide bonds. The Morgan fingerprint density at radius 1 is 1.41 bits per heavy atom. The van der Waals surface area contributed by atoms with Crippen molar-refractivity contribution in [3.05, 3.63) is 19.9 Å². The maximum atomic E-state index is 4.36. The Morgan fingerprint density at radius 3 is 2.77 bits per heavy atom. The second-order valence-electron chi connectivity index (χ2n) is 5.72. The summed E-state index contributed by atoms with van der Waals surface area (Å²) in [5, 5.41) is 7.01. The smallest absolute Gasteiger partial charge is 0.191 e. The van der Waals surface area contributed by atoms with Crippen LogP contribution in [0, 0.1) is 2.88 Å². The zero-order valence-corrected chi connectivity index (χ0v) is 16.5. The zero-order valence-electron chi connectivity index (χ0n) is 13.6. The van der Waals surface area contributed by atoms with E-state index >= 15 is 0 Å². The predicted octanol–water partition coefficient (Wildman–Crippen LogP) is 2.93. The Morgan fingerprint density at radius 2 is 2.18 bits per heavy atom. The van der Waals surface area contributed by atoms with Crippen LogP contribution in [0.1, 0.15) is 31.1 Å². The number of hydrogen-bond acceptors (Lipinski definition) is 3. The quantitative estimate of drug-likeness (QED) is 0.411. The molecule has 0 spiro atoms. The van der Waals surface area contributed by atoms with E-state index in [0.717, 1.165) is 18.9 Å². The van der Waals surface area contributed by atoms with Crippen LogP contribution in [-0.2, 0) is 6.42 Å². The van der Waals surface area contributed by atoms with Gasteiger partial charge in [0.1, 0.15) is 0 Å². The van der Waals surface area contributed by atoms with E-state index in [0.29, 0.717) is 6.04 Å². The highest BCUT2D eigenvalue weighted by Gasteiger charge is 2.19. The fourth-order valence-electron chi connectivity index (χ4n) is 2.80. The fraction of sp³-hybridized carbons (Fsp3) is 0.688. The van der Waals surface area contributed by atoms with Gasteiger partial charge in [0.05, 0.1) is 2.88 Å². The second-order valence-corrected chi connectivity index (χ2v) is 8.78. The maximum absolute atomic E-state index is 4.36. The summed E-state index contributed by atoms with van der Waals surface area (Å²) in [5.41, 5.74) is 0. The molecular weight excluding hydrogens is 407 g/mol.